The van der Waals surface area contributed by atoms with Crippen LogP contribution >= 0.6 is 0 Å². The Morgan fingerprint density at radius 2 is 2.17 bits per heavy atom. The molecule has 0 aliphatic carbocycles. The lowest BCUT2D eigenvalue weighted by Gasteiger charge is -2.34. The average molecular weight is 353 g/mol. The van der Waals surface area contributed by atoms with Gasteiger partial charge in [0.15, 0.2) is 6.54 Å². The number of rotatable bonds is 6. The Balaban J connectivity index is 2.14. The number of ether oxygens (including phenoxy) is 1. The molecule has 0 saturated carbocycles. The van der Waals surface area contributed by atoms with Crippen molar-refractivity contribution in [1.29, 1.82) is 0 Å². The number of amides is 2. The summed E-state index contributed by atoms with van der Waals surface area (Å²) in [7, 11) is 0. The normalized spacial score (nSPS) is 20.3. The van der Waals surface area contributed by atoms with E-state index in [4.69, 9.17) is 17.6 Å². The predicted octanol–water partition coefficient (Wildman–Crippen LogP) is 0.263. The minimum absolute atomic E-state index is 0.00822. The van der Waals surface area contributed by atoms with Gasteiger partial charge in [0.2, 0.25) is 0 Å². The predicted molar refractivity (Wildman–Crippen MR) is 82.6 cm³/mol. The highest BCUT2D eigenvalue weighted by atomic mass is 32.1. The summed E-state index contributed by atoms with van der Waals surface area (Å²) in [5, 5.41) is 10.8. The van der Waals surface area contributed by atoms with Crippen molar-refractivity contribution in [3.63, 3.8) is 0 Å². The maximum absolute atomic E-state index is 12.1. The second-order valence-corrected chi connectivity index (χ2v) is 5.93. The molecule has 1 fully saturated rings. The van der Waals surface area contributed by atoms with Crippen LogP contribution in [0.2, 0.25) is 0 Å². The summed E-state index contributed by atoms with van der Waals surface area (Å²) in [6.07, 6.45) is 0. The number of nitro groups is 1. The second kappa shape index (κ2) is 6.97. The molecule has 0 radical (unpaired) electrons. The van der Waals surface area contributed by atoms with Gasteiger partial charge in [0.1, 0.15) is 6.67 Å². The number of nitrogens with zero attached hydrogens (tertiary/aromatic N) is 3. The van der Waals surface area contributed by atoms with Crippen molar-refractivity contribution < 1.29 is 27.9 Å². The first-order valence-electron chi connectivity index (χ1n) is 7.07. The van der Waals surface area contributed by atoms with Gasteiger partial charge in [-0.2, -0.15) is 0 Å². The first-order chi connectivity index (χ1) is 11.3. The topological polar surface area (TPSA) is 107 Å². The van der Waals surface area contributed by atoms with Crippen LogP contribution in [0.3, 0.4) is 0 Å². The van der Waals surface area contributed by atoms with Crippen LogP contribution in [0.5, 0.6) is 0 Å². The van der Waals surface area contributed by atoms with Crippen molar-refractivity contribution in [1.82, 2.24) is 4.90 Å². The summed E-state index contributed by atoms with van der Waals surface area (Å²) in [5.74, 6) is -2.37. The van der Waals surface area contributed by atoms with Crippen LogP contribution in [0.4, 0.5) is 5.69 Å². The van der Waals surface area contributed by atoms with Gasteiger partial charge in [-0.15, -0.1) is 0 Å². The number of carbonyl (C=O) groups is 3. The molecule has 0 aromatic heterocycles. The third-order valence-corrected chi connectivity index (χ3v) is 3.83. The SMILES string of the molecule is CCOC(=O)C[N+]1([S-])CN(Cc2cccc([N+](=O)[O-])c2)C(=O)C1=O. The number of carbonyl (C=O) groups excluding carboxylic acids is 3. The fraction of sp³-hybridized carbons (Fsp3) is 0.357. The Hall–Kier alpha value is -2.46. The number of hydrogen-bond donors (Lipinski definition) is 0. The summed E-state index contributed by atoms with van der Waals surface area (Å²) in [5.41, 5.74) is 0.376. The standard InChI is InChI=1S/C14H15N3O6S/c1-2-23-12(18)8-17(24)9-15(13(19)14(17)20)7-10-4-3-5-11(6-10)16(21)22/h3-6H,2,7-9H2,1H3. The number of hydrogen-bond acceptors (Lipinski definition) is 7. The van der Waals surface area contributed by atoms with E-state index < -0.39 is 33.1 Å². The van der Waals surface area contributed by atoms with Crippen molar-refractivity contribution in [2.75, 3.05) is 19.8 Å². The molecule has 10 heteroatoms. The van der Waals surface area contributed by atoms with Crippen molar-refractivity contribution in [3.05, 3.63) is 39.9 Å². The maximum atomic E-state index is 12.1. The Morgan fingerprint density at radius 3 is 2.79 bits per heavy atom. The van der Waals surface area contributed by atoms with E-state index in [1.54, 1.807) is 13.0 Å². The highest BCUT2D eigenvalue weighted by molar-refractivity contribution is 7.52. The molecule has 1 aliphatic heterocycles. The lowest BCUT2D eigenvalue weighted by atomic mass is 10.2. The monoisotopic (exact) mass is 353 g/mol. The van der Waals surface area contributed by atoms with E-state index in [0.29, 0.717) is 5.56 Å². The fourth-order valence-electron chi connectivity index (χ4n) is 2.36. The molecule has 1 aliphatic rings. The Bertz CT molecular complexity index is 710. The molecule has 0 spiro atoms. The molecule has 1 atom stereocenters. The summed E-state index contributed by atoms with van der Waals surface area (Å²) in [6.45, 7) is 1.17. The van der Waals surface area contributed by atoms with Crippen LogP contribution in [-0.2, 0) is 38.5 Å². The maximum Gasteiger partial charge on any atom is 0.388 e. The highest BCUT2D eigenvalue weighted by Crippen LogP contribution is 2.22. The number of nitro benzene ring substituents is 1. The lowest BCUT2D eigenvalue weighted by Crippen LogP contribution is -2.49. The van der Waals surface area contributed by atoms with Gasteiger partial charge in [-0.05, 0) is 12.5 Å². The van der Waals surface area contributed by atoms with Gasteiger partial charge in [-0.1, -0.05) is 12.1 Å². The third-order valence-electron chi connectivity index (χ3n) is 3.42. The molecular formula is C14H15N3O6S. The molecule has 1 heterocycles. The number of non-ortho nitro benzene ring substituents is 1. The van der Waals surface area contributed by atoms with Gasteiger partial charge in [0.05, 0.1) is 18.1 Å². The van der Waals surface area contributed by atoms with E-state index in [2.05, 4.69) is 0 Å². The van der Waals surface area contributed by atoms with Gasteiger partial charge in [-0.25, -0.2) is 9.59 Å². The van der Waals surface area contributed by atoms with E-state index >= 15 is 0 Å². The zero-order valence-electron chi connectivity index (χ0n) is 12.8. The van der Waals surface area contributed by atoms with Crippen LogP contribution in [-0.4, -0.2) is 51.3 Å². The number of benzene rings is 1. The van der Waals surface area contributed by atoms with Gasteiger partial charge < -0.3 is 21.4 Å². The molecule has 128 valence electrons. The smallest absolute Gasteiger partial charge is 0.388 e. The zero-order chi connectivity index (χ0) is 17.9. The molecule has 0 N–H and O–H groups in total. The van der Waals surface area contributed by atoms with E-state index in [9.17, 15) is 24.5 Å². The minimum Gasteiger partial charge on any atom is -0.482 e. The van der Waals surface area contributed by atoms with E-state index in [1.807, 2.05) is 0 Å². The number of quaternary nitrogens is 1. The first kappa shape index (κ1) is 17.9. The Labute approximate surface area is 143 Å². The summed E-state index contributed by atoms with van der Waals surface area (Å²) in [4.78, 5) is 47.2. The average Bonchev–Trinajstić information content (AvgIpc) is 2.72. The molecule has 2 amide bonds. The molecule has 2 rings (SSSR count). The van der Waals surface area contributed by atoms with Gasteiger partial charge in [0, 0.05) is 12.1 Å². The molecular weight excluding hydrogens is 338 g/mol. The Morgan fingerprint density at radius 1 is 1.46 bits per heavy atom. The van der Waals surface area contributed by atoms with Crippen molar-refractivity contribution in [2.24, 2.45) is 0 Å². The molecule has 24 heavy (non-hydrogen) atoms. The molecule has 0 bridgehead atoms. The van der Waals surface area contributed by atoms with Crippen molar-refractivity contribution in [3.8, 4) is 0 Å². The van der Waals surface area contributed by atoms with E-state index in [0.717, 1.165) is 0 Å². The molecule has 1 saturated heterocycles. The fourth-order valence-corrected chi connectivity index (χ4v) is 2.68. The molecule has 1 unspecified atom stereocenters. The number of esters is 1. The molecule has 1 aromatic rings. The summed E-state index contributed by atoms with van der Waals surface area (Å²) < 4.78 is 3.96. The molecule has 9 nitrogen and oxygen atoms in total. The Kier molecular flexibility index (Phi) is 5.20. The van der Waals surface area contributed by atoms with Crippen LogP contribution < -0.4 is 0 Å². The third kappa shape index (κ3) is 3.71. The van der Waals surface area contributed by atoms with Gasteiger partial charge >= 0.3 is 17.8 Å². The van der Waals surface area contributed by atoms with E-state index in [1.165, 1.54) is 23.1 Å². The minimum atomic E-state index is -0.886. The largest absolute Gasteiger partial charge is 0.482 e. The summed E-state index contributed by atoms with van der Waals surface area (Å²) in [6, 6.07) is 5.74. The second-order valence-electron chi connectivity index (χ2n) is 5.23. The van der Waals surface area contributed by atoms with Crippen LogP contribution in [0.1, 0.15) is 12.5 Å². The lowest BCUT2D eigenvalue weighted by molar-refractivity contribution is -0.706. The van der Waals surface area contributed by atoms with Crippen LogP contribution in [0.25, 0.3) is 0 Å². The van der Waals surface area contributed by atoms with Crippen LogP contribution in [0.15, 0.2) is 24.3 Å². The summed E-state index contributed by atoms with van der Waals surface area (Å²) >= 11 is 5.13. The zero-order valence-corrected chi connectivity index (χ0v) is 13.7. The van der Waals surface area contributed by atoms with Gasteiger partial charge in [-0.3, -0.25) is 19.8 Å². The van der Waals surface area contributed by atoms with Gasteiger partial charge in [0.25, 0.3) is 5.69 Å². The first-order valence-corrected chi connectivity index (χ1v) is 7.44. The highest BCUT2D eigenvalue weighted by Gasteiger charge is 2.46. The molecule has 1 aromatic carbocycles. The van der Waals surface area contributed by atoms with Crippen LogP contribution in [0, 0.1) is 10.1 Å². The van der Waals surface area contributed by atoms with Crippen molar-refractivity contribution >= 4 is 36.3 Å². The van der Waals surface area contributed by atoms with Crippen molar-refractivity contribution in [2.45, 2.75) is 13.5 Å². The van der Waals surface area contributed by atoms with E-state index in [-0.39, 0.29) is 25.5 Å². The quantitative estimate of drug-likeness (QED) is 0.180.